The van der Waals surface area contributed by atoms with Crippen LogP contribution < -0.4 is 5.50 Å². The molecule has 0 fully saturated rings. The van der Waals surface area contributed by atoms with E-state index < -0.39 is 7.55 Å². The van der Waals surface area contributed by atoms with Crippen molar-refractivity contribution in [3.8, 4) is 0 Å². The van der Waals surface area contributed by atoms with E-state index >= 15 is 0 Å². The molecule has 0 aromatic rings. The molecule has 0 radical (unpaired) electrons. The van der Waals surface area contributed by atoms with E-state index in [2.05, 4.69) is 8.93 Å². The molecule has 24 valence electrons. The summed E-state index contributed by atoms with van der Waals surface area (Å²) in [5.74, 6) is 0. The first-order valence-corrected chi connectivity index (χ1v) is 3.77. The van der Waals surface area contributed by atoms with Crippen molar-refractivity contribution < 1.29 is 0 Å². The lowest BCUT2D eigenvalue weighted by Gasteiger charge is -1.46. The lowest BCUT2D eigenvalue weighted by molar-refractivity contribution is 1.62. The van der Waals surface area contributed by atoms with Gasteiger partial charge in [-0.25, -0.2) is 0 Å². The maximum atomic E-state index is 6.39. The molecule has 0 saturated carbocycles. The van der Waals surface area contributed by atoms with Crippen molar-refractivity contribution in [2.45, 2.75) is 0 Å². The molecule has 0 saturated heterocycles. The lowest BCUT2D eigenvalue weighted by atomic mass is 13.9. The molecule has 0 aromatic carbocycles. The fourth-order valence-corrected chi connectivity index (χ4v) is 0. The molecule has 0 spiro atoms. The average molecular weight is 95.0 g/mol. The maximum Gasteiger partial charge on any atom is 0.297 e. The van der Waals surface area contributed by atoms with Crippen molar-refractivity contribution in [3.05, 3.63) is 0 Å². The van der Waals surface area contributed by atoms with Gasteiger partial charge in [-0.2, -0.15) is 0 Å². The van der Waals surface area contributed by atoms with Gasteiger partial charge in [0, 0.05) is 0 Å². The van der Waals surface area contributed by atoms with Crippen molar-refractivity contribution in [2.24, 2.45) is 5.50 Å². The summed E-state index contributed by atoms with van der Waals surface area (Å²) in [7, 11) is 1.21. The maximum absolute atomic E-state index is 6.39. The molecule has 0 heterocycles. The Morgan fingerprint density at radius 3 is 2.00 bits per heavy atom. The van der Waals surface area contributed by atoms with Gasteiger partial charge < -0.3 is 0 Å². The zero-order valence-corrected chi connectivity index (χ0v) is 4.15. The summed E-state index contributed by atoms with van der Waals surface area (Å²) in [5.41, 5.74) is 4.81. The molecular formula is H5N2P2+. The van der Waals surface area contributed by atoms with Crippen LogP contribution in [-0.2, 0) is 0 Å². The second kappa shape index (κ2) is 1.78. The molecule has 2 unspecified atom stereocenters. The van der Waals surface area contributed by atoms with Gasteiger partial charge in [-0.15, -0.1) is 10.7 Å². The van der Waals surface area contributed by atoms with Gasteiger partial charge in [0.15, 0.2) is 0 Å². The quantitative estimate of drug-likeness (QED) is 0.431. The van der Waals surface area contributed by atoms with E-state index in [0.29, 0.717) is 0 Å². The Morgan fingerprint density at radius 2 is 2.00 bits per heavy atom. The monoisotopic (exact) mass is 95.0 g/mol. The second-order valence-electron chi connectivity index (χ2n) is 0.407. The van der Waals surface area contributed by atoms with Crippen LogP contribution in [0.1, 0.15) is 0 Å². The number of hydrogen-bond acceptors (Lipinski definition) is 1. The van der Waals surface area contributed by atoms with E-state index in [0.717, 1.165) is 0 Å². The highest BCUT2D eigenvalue weighted by Crippen LogP contribution is 2.18. The van der Waals surface area contributed by atoms with Crippen molar-refractivity contribution in [1.29, 1.82) is 5.16 Å². The minimum absolute atomic E-state index is 0.954. The van der Waals surface area contributed by atoms with Crippen LogP contribution in [0.2, 0.25) is 0 Å². The van der Waals surface area contributed by atoms with Crippen LogP contribution in [0, 0.1) is 5.16 Å². The van der Waals surface area contributed by atoms with Crippen LogP contribution in [0.4, 0.5) is 0 Å². The molecule has 2 nitrogen and oxygen atoms in total. The van der Waals surface area contributed by atoms with Crippen LogP contribution in [0.15, 0.2) is 0 Å². The van der Waals surface area contributed by atoms with Gasteiger partial charge in [0.25, 0.3) is 7.55 Å². The van der Waals surface area contributed by atoms with Gasteiger partial charge in [-0.05, 0) is 0 Å². The number of nitrogens with two attached hydrogens (primary N) is 1. The van der Waals surface area contributed by atoms with Crippen LogP contribution in [0.25, 0.3) is 0 Å². The minimum Gasteiger partial charge on any atom is -0.137 e. The number of hydrogen-bond donors (Lipinski definition) is 2. The zero-order valence-electron chi connectivity index (χ0n) is 2.10. The molecule has 2 atom stereocenters. The van der Waals surface area contributed by atoms with Crippen molar-refractivity contribution in [2.75, 3.05) is 0 Å². The third-order valence-corrected chi connectivity index (χ3v) is 0. The molecule has 0 aliphatic carbocycles. The molecule has 4 heteroatoms. The highest BCUT2D eigenvalue weighted by molar-refractivity contribution is 8.05. The topological polar surface area (TPSA) is 49.9 Å². The van der Waals surface area contributed by atoms with Crippen LogP contribution in [0.5, 0.6) is 0 Å². The Kier molecular flexibility index (Phi) is 1.99. The van der Waals surface area contributed by atoms with E-state index in [-0.39, 0.29) is 0 Å². The average Bonchev–Trinajstić information content (AvgIpc) is 0.811. The molecule has 4 heavy (non-hydrogen) atoms. The molecule has 0 bridgehead atoms. The number of nitrogens with one attached hydrogen (secondary N) is 1. The predicted octanol–water partition coefficient (Wildman–Crippen LogP) is 0.894. The third-order valence-electron chi connectivity index (χ3n) is 0. The Morgan fingerprint density at radius 1 is 2.00 bits per heavy atom. The van der Waals surface area contributed by atoms with E-state index in [4.69, 9.17) is 10.7 Å². The fraction of sp³-hybridized carbons (Fsp3) is 0. The third kappa shape index (κ3) is 23.0. The highest BCUT2D eigenvalue weighted by atomic mass is 32.0. The van der Waals surface area contributed by atoms with Crippen molar-refractivity contribution in [1.82, 2.24) is 0 Å². The molecule has 3 N–H and O–H groups in total. The first kappa shape index (κ1) is 4.49. The Labute approximate surface area is 28.2 Å². The SMILES string of the molecule is N=[P+](N)P. The summed E-state index contributed by atoms with van der Waals surface area (Å²) in [6.07, 6.45) is 0. The Hall–Kier alpha value is 0.490. The summed E-state index contributed by atoms with van der Waals surface area (Å²) in [4.78, 5) is 0. The summed E-state index contributed by atoms with van der Waals surface area (Å²) >= 11 is 0. The summed E-state index contributed by atoms with van der Waals surface area (Å²) in [5, 5.41) is 6.39. The molecule has 0 aromatic heterocycles. The van der Waals surface area contributed by atoms with Gasteiger partial charge in [-0.1, -0.05) is 0 Å². The molecule has 0 aliphatic rings. The fourth-order valence-electron chi connectivity index (χ4n) is 0. The van der Waals surface area contributed by atoms with E-state index in [1.807, 2.05) is 0 Å². The number of rotatable bonds is 0. The summed E-state index contributed by atoms with van der Waals surface area (Å²) in [6, 6.07) is 0. The van der Waals surface area contributed by atoms with Gasteiger partial charge >= 0.3 is 0 Å². The first-order valence-electron chi connectivity index (χ1n) is 0.740. The standard InChI is InChI=1S/H5N2P2/c1-4(2)3/h3H2,(H3,1,2)/q+1. The predicted molar refractivity (Wildman–Crippen MR) is 23.5 cm³/mol. The van der Waals surface area contributed by atoms with Crippen LogP contribution in [-0.4, -0.2) is 0 Å². The lowest BCUT2D eigenvalue weighted by Crippen LogP contribution is -1.59. The molecular weight excluding hydrogens is 90.0 g/mol. The largest absolute Gasteiger partial charge is 0.297 e. The van der Waals surface area contributed by atoms with Crippen LogP contribution >= 0.6 is 16.5 Å². The van der Waals surface area contributed by atoms with Gasteiger partial charge in [0.1, 0.15) is 8.93 Å². The van der Waals surface area contributed by atoms with Gasteiger partial charge in [0.2, 0.25) is 0 Å². The Balaban J connectivity index is 2.80. The van der Waals surface area contributed by atoms with Gasteiger partial charge in [0.05, 0.1) is 0 Å². The highest BCUT2D eigenvalue weighted by Gasteiger charge is 1.73. The van der Waals surface area contributed by atoms with E-state index in [1.54, 1.807) is 0 Å². The van der Waals surface area contributed by atoms with E-state index in [9.17, 15) is 0 Å². The summed E-state index contributed by atoms with van der Waals surface area (Å²) < 4.78 is 0. The molecule has 0 aliphatic heterocycles. The summed E-state index contributed by atoms with van der Waals surface area (Å²) in [6.45, 7) is 0. The minimum atomic E-state index is -0.954. The Bertz CT molecular complexity index is 27.0. The zero-order chi connectivity index (χ0) is 3.58. The van der Waals surface area contributed by atoms with E-state index in [1.165, 1.54) is 0 Å². The second-order valence-corrected chi connectivity index (χ2v) is 2.89. The first-order chi connectivity index (χ1) is 1.73. The smallest absolute Gasteiger partial charge is 0.137 e. The van der Waals surface area contributed by atoms with Crippen LogP contribution in [0.3, 0.4) is 0 Å². The van der Waals surface area contributed by atoms with Gasteiger partial charge in [-0.3, -0.25) is 0 Å². The van der Waals surface area contributed by atoms with Crippen molar-refractivity contribution in [3.63, 3.8) is 0 Å². The molecule has 0 rings (SSSR count). The van der Waals surface area contributed by atoms with Crippen molar-refractivity contribution >= 4 is 16.5 Å². The molecule has 0 amide bonds. The normalized spacial score (nSPS) is 11.0.